The Hall–Kier alpha value is -2.40. The lowest BCUT2D eigenvalue weighted by molar-refractivity contribution is 0.0703. The Morgan fingerprint density at radius 3 is 2.59 bits per heavy atom. The number of aliphatic hydroxyl groups is 1. The van der Waals surface area contributed by atoms with E-state index >= 15 is 0 Å². The van der Waals surface area contributed by atoms with Gasteiger partial charge in [0.1, 0.15) is 5.56 Å². The second kappa shape index (κ2) is 7.04. The summed E-state index contributed by atoms with van der Waals surface area (Å²) < 4.78 is 0. The van der Waals surface area contributed by atoms with E-state index in [4.69, 9.17) is 0 Å². The number of hydrogen-bond acceptors (Lipinski definition) is 3. The second-order valence-electron chi connectivity index (χ2n) is 5.25. The molecule has 0 saturated carbocycles. The number of nitrogens with zero attached hydrogens (tertiary/aromatic N) is 1. The summed E-state index contributed by atoms with van der Waals surface area (Å²) in [4.78, 5) is 29.0. The van der Waals surface area contributed by atoms with Gasteiger partial charge in [-0.1, -0.05) is 30.3 Å². The van der Waals surface area contributed by atoms with Crippen LogP contribution in [-0.4, -0.2) is 34.6 Å². The van der Waals surface area contributed by atoms with Crippen LogP contribution in [0.25, 0.3) is 0 Å². The van der Waals surface area contributed by atoms with Crippen molar-refractivity contribution in [2.75, 3.05) is 13.7 Å². The third-order valence-electron chi connectivity index (χ3n) is 3.66. The first-order chi connectivity index (χ1) is 10.5. The summed E-state index contributed by atoms with van der Waals surface area (Å²) >= 11 is 0. The molecule has 2 N–H and O–H groups in total. The molecule has 116 valence electrons. The van der Waals surface area contributed by atoms with Gasteiger partial charge in [0.25, 0.3) is 5.91 Å². The lowest BCUT2D eigenvalue weighted by Gasteiger charge is -2.28. The summed E-state index contributed by atoms with van der Waals surface area (Å²) in [5, 5.41) is 9.28. The molecule has 1 aromatic carbocycles. The van der Waals surface area contributed by atoms with E-state index in [-0.39, 0.29) is 29.5 Å². The molecule has 2 aromatic rings. The monoisotopic (exact) mass is 300 g/mol. The summed E-state index contributed by atoms with van der Waals surface area (Å²) in [6.07, 6.45) is 1.85. The van der Waals surface area contributed by atoms with Gasteiger partial charge in [0.15, 0.2) is 5.43 Å². The van der Waals surface area contributed by atoms with Crippen LogP contribution in [0.5, 0.6) is 0 Å². The number of aromatic amines is 1. The van der Waals surface area contributed by atoms with Gasteiger partial charge in [-0.3, -0.25) is 9.59 Å². The maximum atomic E-state index is 12.6. The van der Waals surface area contributed by atoms with Crippen LogP contribution in [-0.2, 0) is 0 Å². The van der Waals surface area contributed by atoms with Crippen molar-refractivity contribution in [1.29, 1.82) is 0 Å². The number of benzene rings is 1. The number of nitrogens with one attached hydrogen (secondary N) is 1. The topological polar surface area (TPSA) is 73.4 Å². The predicted octanol–water partition coefficient (Wildman–Crippen LogP) is 1.88. The molecule has 1 amide bonds. The molecule has 0 radical (unpaired) electrons. The standard InChI is InChI=1S/C17H20N2O3/c1-12-10-16(21)14(11-18-12)17(22)19(2)15(8-9-20)13-6-4-3-5-7-13/h3-7,10-11,15,20H,8-9H2,1-2H3,(H,18,21). The van der Waals surface area contributed by atoms with E-state index in [1.165, 1.54) is 17.2 Å². The van der Waals surface area contributed by atoms with Crippen LogP contribution in [0.15, 0.2) is 47.4 Å². The molecular formula is C17H20N2O3. The summed E-state index contributed by atoms with van der Waals surface area (Å²) in [5.74, 6) is -0.358. The Morgan fingerprint density at radius 2 is 2.00 bits per heavy atom. The SMILES string of the molecule is Cc1cc(=O)c(C(=O)N(C)C(CCO)c2ccccc2)c[nH]1. The Balaban J connectivity index is 2.32. The van der Waals surface area contributed by atoms with Crippen LogP contribution < -0.4 is 5.43 Å². The van der Waals surface area contributed by atoms with Crippen molar-refractivity contribution in [2.45, 2.75) is 19.4 Å². The van der Waals surface area contributed by atoms with Gasteiger partial charge in [-0.2, -0.15) is 0 Å². The minimum absolute atomic E-state index is 0.0402. The first-order valence-corrected chi connectivity index (χ1v) is 7.17. The fourth-order valence-electron chi connectivity index (χ4n) is 2.45. The quantitative estimate of drug-likeness (QED) is 0.885. The van der Waals surface area contributed by atoms with E-state index in [0.29, 0.717) is 12.1 Å². The number of hydrogen-bond donors (Lipinski definition) is 2. The lowest BCUT2D eigenvalue weighted by Crippen LogP contribution is -2.34. The Labute approximate surface area is 129 Å². The smallest absolute Gasteiger partial charge is 0.259 e. The van der Waals surface area contributed by atoms with Gasteiger partial charge in [0.05, 0.1) is 6.04 Å². The minimum atomic E-state index is -0.358. The molecule has 0 fully saturated rings. The van der Waals surface area contributed by atoms with Crippen LogP contribution in [0.4, 0.5) is 0 Å². The van der Waals surface area contributed by atoms with Crippen molar-refractivity contribution >= 4 is 5.91 Å². The molecule has 1 atom stereocenters. The zero-order chi connectivity index (χ0) is 16.1. The van der Waals surface area contributed by atoms with Gasteiger partial charge in [0, 0.05) is 31.6 Å². The first kappa shape index (κ1) is 16.0. The molecule has 2 rings (SSSR count). The number of amides is 1. The number of carbonyl (C=O) groups is 1. The van der Waals surface area contributed by atoms with E-state index in [0.717, 1.165) is 5.56 Å². The summed E-state index contributed by atoms with van der Waals surface area (Å²) in [6.45, 7) is 1.72. The van der Waals surface area contributed by atoms with Crippen molar-refractivity contribution in [2.24, 2.45) is 0 Å². The lowest BCUT2D eigenvalue weighted by atomic mass is 10.0. The highest BCUT2D eigenvalue weighted by Crippen LogP contribution is 2.23. The van der Waals surface area contributed by atoms with Crippen LogP contribution in [0.2, 0.25) is 0 Å². The van der Waals surface area contributed by atoms with E-state index < -0.39 is 0 Å². The van der Waals surface area contributed by atoms with E-state index in [2.05, 4.69) is 4.98 Å². The molecule has 1 aromatic heterocycles. The maximum absolute atomic E-state index is 12.6. The maximum Gasteiger partial charge on any atom is 0.259 e. The molecule has 0 spiro atoms. The van der Waals surface area contributed by atoms with Gasteiger partial charge in [-0.05, 0) is 18.9 Å². The molecule has 0 aliphatic heterocycles. The third kappa shape index (κ3) is 3.43. The van der Waals surface area contributed by atoms with Crippen molar-refractivity contribution in [3.63, 3.8) is 0 Å². The Bertz CT molecular complexity index is 695. The number of H-pyrrole nitrogens is 1. The number of carbonyl (C=O) groups excluding carboxylic acids is 1. The molecule has 1 unspecified atom stereocenters. The summed E-state index contributed by atoms with van der Waals surface area (Å²) in [5.41, 5.74) is 1.44. The molecule has 5 nitrogen and oxygen atoms in total. The number of pyridine rings is 1. The van der Waals surface area contributed by atoms with Crippen molar-refractivity contribution in [3.05, 3.63) is 69.6 Å². The molecular weight excluding hydrogens is 280 g/mol. The number of rotatable bonds is 5. The largest absolute Gasteiger partial charge is 0.396 e. The van der Waals surface area contributed by atoms with Crippen LogP contribution >= 0.6 is 0 Å². The van der Waals surface area contributed by atoms with Gasteiger partial charge >= 0.3 is 0 Å². The summed E-state index contributed by atoms with van der Waals surface area (Å²) in [7, 11) is 1.65. The van der Waals surface area contributed by atoms with Crippen LogP contribution in [0.3, 0.4) is 0 Å². The number of aryl methyl sites for hydroxylation is 1. The molecule has 1 heterocycles. The van der Waals surface area contributed by atoms with Gasteiger partial charge < -0.3 is 15.0 Å². The molecule has 0 aliphatic carbocycles. The van der Waals surface area contributed by atoms with Gasteiger partial charge in [-0.25, -0.2) is 0 Å². The number of aromatic nitrogens is 1. The average molecular weight is 300 g/mol. The summed E-state index contributed by atoms with van der Waals surface area (Å²) in [6, 6.07) is 10.6. The molecule has 5 heteroatoms. The molecule has 22 heavy (non-hydrogen) atoms. The highest BCUT2D eigenvalue weighted by molar-refractivity contribution is 5.93. The molecule has 0 saturated heterocycles. The van der Waals surface area contributed by atoms with Gasteiger partial charge in [-0.15, -0.1) is 0 Å². The van der Waals surface area contributed by atoms with Crippen molar-refractivity contribution in [1.82, 2.24) is 9.88 Å². The Morgan fingerprint density at radius 1 is 1.32 bits per heavy atom. The van der Waals surface area contributed by atoms with Crippen LogP contribution in [0.1, 0.15) is 34.1 Å². The highest BCUT2D eigenvalue weighted by atomic mass is 16.3. The van der Waals surface area contributed by atoms with Crippen LogP contribution in [0, 0.1) is 6.92 Å². The van der Waals surface area contributed by atoms with Crippen molar-refractivity contribution < 1.29 is 9.90 Å². The molecule has 0 aliphatic rings. The highest BCUT2D eigenvalue weighted by Gasteiger charge is 2.23. The zero-order valence-corrected chi connectivity index (χ0v) is 12.7. The fourth-order valence-corrected chi connectivity index (χ4v) is 2.45. The third-order valence-corrected chi connectivity index (χ3v) is 3.66. The number of aliphatic hydroxyl groups excluding tert-OH is 1. The van der Waals surface area contributed by atoms with E-state index in [1.54, 1.807) is 14.0 Å². The first-order valence-electron chi connectivity index (χ1n) is 7.17. The van der Waals surface area contributed by atoms with E-state index in [1.807, 2.05) is 30.3 Å². The second-order valence-corrected chi connectivity index (χ2v) is 5.25. The zero-order valence-electron chi connectivity index (χ0n) is 12.7. The normalized spacial score (nSPS) is 12.0. The fraction of sp³-hybridized carbons (Fsp3) is 0.294. The minimum Gasteiger partial charge on any atom is -0.396 e. The Kier molecular flexibility index (Phi) is 5.12. The predicted molar refractivity (Wildman–Crippen MR) is 84.8 cm³/mol. The van der Waals surface area contributed by atoms with Gasteiger partial charge in [0.2, 0.25) is 0 Å². The van der Waals surface area contributed by atoms with Crippen molar-refractivity contribution in [3.8, 4) is 0 Å². The average Bonchev–Trinajstić information content (AvgIpc) is 2.52. The van der Waals surface area contributed by atoms with E-state index in [9.17, 15) is 14.7 Å². The molecule has 0 bridgehead atoms.